The molecule has 64 valence electrons. The molecule has 2 heteroatoms. The third-order valence-corrected chi connectivity index (χ3v) is 2.89. The van der Waals surface area contributed by atoms with Crippen molar-refractivity contribution in [2.24, 2.45) is 5.92 Å². The molecule has 0 spiro atoms. The van der Waals surface area contributed by atoms with Crippen molar-refractivity contribution in [1.29, 1.82) is 0 Å². The molecule has 0 aromatic carbocycles. The van der Waals surface area contributed by atoms with E-state index in [0.717, 1.165) is 18.6 Å². The van der Waals surface area contributed by atoms with E-state index in [2.05, 4.69) is 18.9 Å². The highest BCUT2D eigenvalue weighted by Gasteiger charge is 2.39. The molecule has 11 heavy (non-hydrogen) atoms. The summed E-state index contributed by atoms with van der Waals surface area (Å²) in [7, 11) is 0. The predicted octanol–water partition coefficient (Wildman–Crippen LogP) is 1.81. The van der Waals surface area contributed by atoms with Crippen molar-refractivity contribution in [2.75, 3.05) is 6.61 Å². The van der Waals surface area contributed by atoms with Crippen LogP contribution in [0.15, 0.2) is 0 Å². The van der Waals surface area contributed by atoms with Gasteiger partial charge in [-0.3, -0.25) is 4.84 Å². The smallest absolute Gasteiger partial charge is 0.0729 e. The molecule has 2 atom stereocenters. The van der Waals surface area contributed by atoms with Crippen LogP contribution in [-0.2, 0) is 4.84 Å². The molecule has 0 aromatic heterocycles. The van der Waals surface area contributed by atoms with Crippen molar-refractivity contribution in [3.05, 3.63) is 0 Å². The third kappa shape index (κ3) is 1.18. The fraction of sp³-hybridized carbons (Fsp3) is 1.00. The molecule has 0 N–H and O–H groups in total. The molecular weight excluding hydrogens is 138 g/mol. The van der Waals surface area contributed by atoms with Crippen LogP contribution in [0.5, 0.6) is 0 Å². The topological polar surface area (TPSA) is 12.5 Å². The minimum Gasteiger partial charge on any atom is -0.298 e. The van der Waals surface area contributed by atoms with E-state index in [1.807, 2.05) is 0 Å². The third-order valence-electron chi connectivity index (χ3n) is 2.89. The van der Waals surface area contributed by atoms with Crippen molar-refractivity contribution in [3.8, 4) is 0 Å². The van der Waals surface area contributed by atoms with Crippen LogP contribution in [0.1, 0.15) is 33.1 Å². The number of hydrogen-bond donors (Lipinski definition) is 0. The number of hydroxylamine groups is 2. The minimum atomic E-state index is 0.558. The maximum atomic E-state index is 5.61. The lowest BCUT2D eigenvalue weighted by Crippen LogP contribution is -2.34. The summed E-state index contributed by atoms with van der Waals surface area (Å²) < 4.78 is 0. The Bertz CT molecular complexity index is 146. The van der Waals surface area contributed by atoms with Crippen LogP contribution in [-0.4, -0.2) is 23.8 Å². The molecule has 0 radical (unpaired) electrons. The number of nitrogens with zero attached hydrogens (tertiary/aromatic N) is 1. The summed E-state index contributed by atoms with van der Waals surface area (Å²) >= 11 is 0. The highest BCUT2D eigenvalue weighted by molar-refractivity contribution is 4.87. The normalized spacial score (nSPS) is 38.5. The summed E-state index contributed by atoms with van der Waals surface area (Å²) in [6.07, 6.45) is 4.14. The standard InChI is InChI=1S/C9H17NO/c1-7(2)10-9-5-3-4-8(9)6-11-10/h7-9H,3-6H2,1-2H3. The molecule has 0 bridgehead atoms. The van der Waals surface area contributed by atoms with Gasteiger partial charge < -0.3 is 0 Å². The number of hydrogen-bond acceptors (Lipinski definition) is 2. The Morgan fingerprint density at radius 2 is 2.18 bits per heavy atom. The molecule has 2 nitrogen and oxygen atoms in total. The van der Waals surface area contributed by atoms with Crippen molar-refractivity contribution in [1.82, 2.24) is 5.06 Å². The molecule has 1 aliphatic heterocycles. The van der Waals surface area contributed by atoms with Crippen molar-refractivity contribution in [2.45, 2.75) is 45.2 Å². The summed E-state index contributed by atoms with van der Waals surface area (Å²) in [6, 6.07) is 1.30. The van der Waals surface area contributed by atoms with Crippen LogP contribution in [0.25, 0.3) is 0 Å². The van der Waals surface area contributed by atoms with E-state index in [4.69, 9.17) is 4.84 Å². The zero-order valence-corrected chi connectivity index (χ0v) is 7.42. The first-order chi connectivity index (χ1) is 5.29. The van der Waals surface area contributed by atoms with E-state index < -0.39 is 0 Å². The van der Waals surface area contributed by atoms with E-state index in [1.54, 1.807) is 0 Å². The first-order valence-electron chi connectivity index (χ1n) is 4.70. The van der Waals surface area contributed by atoms with Crippen LogP contribution in [0.3, 0.4) is 0 Å². The summed E-state index contributed by atoms with van der Waals surface area (Å²) in [6.45, 7) is 5.39. The van der Waals surface area contributed by atoms with Crippen molar-refractivity contribution < 1.29 is 4.84 Å². The SMILES string of the molecule is CC(C)N1OCC2CCCC21. The lowest BCUT2D eigenvalue weighted by molar-refractivity contribution is -0.155. The molecule has 2 rings (SSSR count). The van der Waals surface area contributed by atoms with Crippen LogP contribution < -0.4 is 0 Å². The number of fused-ring (bicyclic) bond motifs is 1. The van der Waals surface area contributed by atoms with E-state index >= 15 is 0 Å². The Morgan fingerprint density at radius 3 is 2.91 bits per heavy atom. The molecule has 0 amide bonds. The predicted molar refractivity (Wildman–Crippen MR) is 44.1 cm³/mol. The zero-order chi connectivity index (χ0) is 7.84. The van der Waals surface area contributed by atoms with Gasteiger partial charge in [-0.25, -0.2) is 0 Å². The van der Waals surface area contributed by atoms with E-state index in [1.165, 1.54) is 19.3 Å². The second-order valence-corrected chi connectivity index (χ2v) is 4.01. The molecule has 1 aliphatic carbocycles. The average molecular weight is 155 g/mol. The van der Waals surface area contributed by atoms with Crippen molar-refractivity contribution in [3.63, 3.8) is 0 Å². The molecular formula is C9H17NO. The minimum absolute atomic E-state index is 0.558. The monoisotopic (exact) mass is 155 g/mol. The molecule has 2 aliphatic rings. The number of rotatable bonds is 1. The molecule has 2 fully saturated rings. The van der Waals surface area contributed by atoms with Gasteiger partial charge >= 0.3 is 0 Å². The summed E-state index contributed by atoms with van der Waals surface area (Å²) in [4.78, 5) is 5.61. The zero-order valence-electron chi connectivity index (χ0n) is 7.42. The van der Waals surface area contributed by atoms with Gasteiger partial charge in [-0.2, -0.15) is 5.06 Å². The Hall–Kier alpha value is -0.0800. The quantitative estimate of drug-likeness (QED) is 0.572. The van der Waals surface area contributed by atoms with Crippen LogP contribution in [0.4, 0.5) is 0 Å². The van der Waals surface area contributed by atoms with Crippen LogP contribution in [0.2, 0.25) is 0 Å². The maximum Gasteiger partial charge on any atom is 0.0729 e. The van der Waals surface area contributed by atoms with Gasteiger partial charge in [-0.05, 0) is 26.7 Å². The van der Waals surface area contributed by atoms with Gasteiger partial charge in [-0.15, -0.1) is 0 Å². The lowest BCUT2D eigenvalue weighted by atomic mass is 10.1. The van der Waals surface area contributed by atoms with Gasteiger partial charge in [-0.1, -0.05) is 6.42 Å². The summed E-state index contributed by atoms with van der Waals surface area (Å²) in [5.41, 5.74) is 0. The van der Waals surface area contributed by atoms with E-state index in [9.17, 15) is 0 Å². The van der Waals surface area contributed by atoms with Crippen molar-refractivity contribution >= 4 is 0 Å². The van der Waals surface area contributed by atoms with Gasteiger partial charge in [0.25, 0.3) is 0 Å². The highest BCUT2D eigenvalue weighted by Crippen LogP contribution is 2.36. The molecule has 2 unspecified atom stereocenters. The lowest BCUT2D eigenvalue weighted by Gasteiger charge is -2.24. The van der Waals surface area contributed by atoms with Gasteiger partial charge in [0, 0.05) is 18.0 Å². The van der Waals surface area contributed by atoms with E-state index in [-0.39, 0.29) is 0 Å². The summed E-state index contributed by atoms with van der Waals surface area (Å²) in [5.74, 6) is 0.845. The average Bonchev–Trinajstić information content (AvgIpc) is 2.41. The largest absolute Gasteiger partial charge is 0.298 e. The first kappa shape index (κ1) is 7.56. The summed E-state index contributed by atoms with van der Waals surface area (Å²) in [5, 5.41) is 2.21. The Morgan fingerprint density at radius 1 is 1.36 bits per heavy atom. The van der Waals surface area contributed by atoms with Crippen LogP contribution >= 0.6 is 0 Å². The van der Waals surface area contributed by atoms with Gasteiger partial charge in [0.1, 0.15) is 0 Å². The van der Waals surface area contributed by atoms with Crippen LogP contribution in [0, 0.1) is 5.92 Å². The molecule has 1 saturated carbocycles. The molecule has 0 aromatic rings. The van der Waals surface area contributed by atoms with Gasteiger partial charge in [0.15, 0.2) is 0 Å². The second kappa shape index (κ2) is 2.76. The van der Waals surface area contributed by atoms with E-state index in [0.29, 0.717) is 6.04 Å². The fourth-order valence-corrected chi connectivity index (χ4v) is 2.36. The van der Waals surface area contributed by atoms with Gasteiger partial charge in [0.2, 0.25) is 0 Å². The molecule has 1 saturated heterocycles. The Kier molecular flexibility index (Phi) is 1.90. The maximum absolute atomic E-state index is 5.61. The molecule has 1 heterocycles. The fourth-order valence-electron chi connectivity index (χ4n) is 2.36. The first-order valence-corrected chi connectivity index (χ1v) is 4.70. The highest BCUT2D eigenvalue weighted by atomic mass is 16.7. The second-order valence-electron chi connectivity index (χ2n) is 4.01. The Labute approximate surface area is 68.5 Å². The van der Waals surface area contributed by atoms with Gasteiger partial charge in [0.05, 0.1) is 6.61 Å². The Balaban J connectivity index is 2.03.